The number of carbonyl (C=O) groups excluding carboxylic acids is 2. The van der Waals surface area contributed by atoms with E-state index in [0.29, 0.717) is 11.1 Å². The van der Waals surface area contributed by atoms with Crippen molar-refractivity contribution in [1.82, 2.24) is 4.90 Å². The molecule has 1 aliphatic heterocycles. The number of fused-ring (bicyclic) bond motifs is 1. The maximum Gasteiger partial charge on any atom is 0.262 e. The quantitative estimate of drug-likeness (QED) is 0.605. The van der Waals surface area contributed by atoms with E-state index in [1.54, 1.807) is 24.3 Å². The average Bonchev–Trinajstić information content (AvgIpc) is 2.39. The lowest BCUT2D eigenvalue weighted by Gasteiger charge is -2.29. The van der Waals surface area contributed by atoms with E-state index in [4.69, 9.17) is 0 Å². The number of nitrogens with zero attached hydrogens (tertiary/aromatic N) is 1. The molecule has 2 rings (SSSR count). The second-order valence-electron chi connectivity index (χ2n) is 4.66. The molecule has 0 radical (unpaired) electrons. The third kappa shape index (κ3) is 1.35. The lowest BCUT2D eigenvalue weighted by molar-refractivity contribution is 0.0508. The highest BCUT2D eigenvalue weighted by molar-refractivity contribution is 6.21. The molecule has 0 bridgehead atoms. The Morgan fingerprint density at radius 3 is 1.67 bits per heavy atom. The fraction of sp³-hybridized carbons (Fsp3) is 0.333. The number of imide groups is 1. The van der Waals surface area contributed by atoms with Gasteiger partial charge in [0.1, 0.15) is 0 Å². The minimum atomic E-state index is -0.465. The summed E-state index contributed by atoms with van der Waals surface area (Å²) in [5.74, 6) is -0.383. The molecule has 3 heteroatoms. The van der Waals surface area contributed by atoms with Gasteiger partial charge in [-0.05, 0) is 32.9 Å². The molecule has 1 aromatic carbocycles. The molecule has 0 unspecified atom stereocenters. The maximum absolute atomic E-state index is 12.0. The van der Waals surface area contributed by atoms with Crippen LogP contribution in [0.1, 0.15) is 41.5 Å². The Morgan fingerprint density at radius 2 is 1.33 bits per heavy atom. The van der Waals surface area contributed by atoms with Gasteiger partial charge in [-0.2, -0.15) is 0 Å². The smallest absolute Gasteiger partial charge is 0.262 e. The molecule has 3 nitrogen and oxygen atoms in total. The van der Waals surface area contributed by atoms with Crippen molar-refractivity contribution in [1.29, 1.82) is 0 Å². The Balaban J connectivity index is 2.55. The molecule has 0 saturated heterocycles. The summed E-state index contributed by atoms with van der Waals surface area (Å²) < 4.78 is 0. The van der Waals surface area contributed by atoms with Gasteiger partial charge in [-0.1, -0.05) is 12.1 Å². The van der Waals surface area contributed by atoms with E-state index in [1.807, 2.05) is 20.8 Å². The Kier molecular flexibility index (Phi) is 1.93. The van der Waals surface area contributed by atoms with Gasteiger partial charge >= 0.3 is 0 Å². The summed E-state index contributed by atoms with van der Waals surface area (Å²) in [4.78, 5) is 25.2. The van der Waals surface area contributed by atoms with Gasteiger partial charge in [-0.3, -0.25) is 14.5 Å². The first kappa shape index (κ1) is 9.90. The lowest BCUT2D eigenvalue weighted by atomic mass is 10.1. The molecule has 0 fully saturated rings. The topological polar surface area (TPSA) is 37.4 Å². The highest BCUT2D eigenvalue weighted by Gasteiger charge is 2.41. The molecule has 0 atom stereocenters. The number of rotatable bonds is 0. The van der Waals surface area contributed by atoms with Gasteiger partial charge in [0.15, 0.2) is 0 Å². The summed E-state index contributed by atoms with van der Waals surface area (Å²) in [7, 11) is 0. The number of hydrogen-bond acceptors (Lipinski definition) is 2. The van der Waals surface area contributed by atoms with Crippen molar-refractivity contribution in [3.63, 3.8) is 0 Å². The summed E-state index contributed by atoms with van der Waals surface area (Å²) in [6.07, 6.45) is 0. The van der Waals surface area contributed by atoms with E-state index in [9.17, 15) is 9.59 Å². The van der Waals surface area contributed by atoms with Crippen LogP contribution in [0.15, 0.2) is 24.3 Å². The van der Waals surface area contributed by atoms with E-state index < -0.39 is 5.54 Å². The van der Waals surface area contributed by atoms with Crippen LogP contribution in [0.4, 0.5) is 0 Å². The number of amides is 2. The zero-order valence-electron chi connectivity index (χ0n) is 9.07. The third-order valence-corrected chi connectivity index (χ3v) is 2.46. The van der Waals surface area contributed by atoms with Crippen molar-refractivity contribution < 1.29 is 9.59 Å². The SMILES string of the molecule is CC(C)(C)N1C(=O)c2ccccc2C1=O. The van der Waals surface area contributed by atoms with Gasteiger partial charge in [0.25, 0.3) is 11.8 Å². The van der Waals surface area contributed by atoms with Crippen LogP contribution in [-0.4, -0.2) is 22.3 Å². The molecule has 1 aliphatic rings. The van der Waals surface area contributed by atoms with Gasteiger partial charge in [-0.25, -0.2) is 0 Å². The molecule has 2 amide bonds. The minimum absolute atomic E-state index is 0.192. The average molecular weight is 203 g/mol. The minimum Gasteiger partial charge on any atom is -0.269 e. The van der Waals surface area contributed by atoms with E-state index in [0.717, 1.165) is 0 Å². The molecule has 0 spiro atoms. The Bertz CT molecular complexity index is 408. The van der Waals surface area contributed by atoms with Gasteiger partial charge < -0.3 is 0 Å². The summed E-state index contributed by atoms with van der Waals surface area (Å²) >= 11 is 0. The Morgan fingerprint density at radius 1 is 0.933 bits per heavy atom. The van der Waals surface area contributed by atoms with Crippen LogP contribution in [0.2, 0.25) is 0 Å². The molecule has 0 aliphatic carbocycles. The number of benzene rings is 1. The summed E-state index contributed by atoms with van der Waals surface area (Å²) in [5, 5.41) is 0. The highest BCUT2D eigenvalue weighted by Crippen LogP contribution is 2.28. The van der Waals surface area contributed by atoms with Crippen LogP contribution < -0.4 is 0 Å². The molecule has 0 aromatic heterocycles. The normalized spacial score (nSPS) is 15.8. The third-order valence-electron chi connectivity index (χ3n) is 2.46. The summed E-state index contributed by atoms with van der Waals surface area (Å²) in [6, 6.07) is 6.94. The van der Waals surface area contributed by atoms with E-state index in [2.05, 4.69) is 0 Å². The van der Waals surface area contributed by atoms with Crippen molar-refractivity contribution in [2.24, 2.45) is 0 Å². The van der Waals surface area contributed by atoms with Crippen molar-refractivity contribution in [3.05, 3.63) is 35.4 Å². The molecular weight excluding hydrogens is 190 g/mol. The fourth-order valence-electron chi connectivity index (χ4n) is 1.80. The molecule has 15 heavy (non-hydrogen) atoms. The van der Waals surface area contributed by atoms with Gasteiger partial charge in [0.05, 0.1) is 11.1 Å². The van der Waals surface area contributed by atoms with Crippen molar-refractivity contribution in [3.8, 4) is 0 Å². The van der Waals surface area contributed by atoms with Gasteiger partial charge in [0.2, 0.25) is 0 Å². The second kappa shape index (κ2) is 2.92. The van der Waals surface area contributed by atoms with E-state index >= 15 is 0 Å². The van der Waals surface area contributed by atoms with E-state index in [-0.39, 0.29) is 11.8 Å². The first-order valence-corrected chi connectivity index (χ1v) is 4.91. The van der Waals surface area contributed by atoms with Crippen LogP contribution in [0.25, 0.3) is 0 Å². The monoisotopic (exact) mass is 203 g/mol. The van der Waals surface area contributed by atoms with Crippen LogP contribution in [0.3, 0.4) is 0 Å². The predicted molar refractivity (Wildman–Crippen MR) is 56.7 cm³/mol. The largest absolute Gasteiger partial charge is 0.269 e. The standard InChI is InChI=1S/C12H13NO2/c1-12(2,3)13-10(14)8-6-4-5-7-9(8)11(13)15/h4-7H,1-3H3. The summed E-state index contributed by atoms with van der Waals surface area (Å²) in [6.45, 7) is 5.57. The second-order valence-corrected chi connectivity index (χ2v) is 4.66. The van der Waals surface area contributed by atoms with E-state index in [1.165, 1.54) is 4.90 Å². The molecule has 0 saturated carbocycles. The maximum atomic E-state index is 12.0. The molecule has 1 heterocycles. The van der Waals surface area contributed by atoms with Crippen LogP contribution in [0, 0.1) is 0 Å². The molecule has 0 N–H and O–H groups in total. The van der Waals surface area contributed by atoms with Crippen LogP contribution >= 0.6 is 0 Å². The van der Waals surface area contributed by atoms with Crippen LogP contribution in [0.5, 0.6) is 0 Å². The van der Waals surface area contributed by atoms with Crippen molar-refractivity contribution in [2.45, 2.75) is 26.3 Å². The molecular formula is C12H13NO2. The van der Waals surface area contributed by atoms with Crippen molar-refractivity contribution in [2.75, 3.05) is 0 Å². The van der Waals surface area contributed by atoms with Gasteiger partial charge in [-0.15, -0.1) is 0 Å². The lowest BCUT2D eigenvalue weighted by Crippen LogP contribution is -2.45. The number of hydrogen-bond donors (Lipinski definition) is 0. The fourth-order valence-corrected chi connectivity index (χ4v) is 1.80. The first-order valence-electron chi connectivity index (χ1n) is 4.91. The number of carbonyl (C=O) groups is 2. The molecule has 1 aromatic rings. The zero-order chi connectivity index (χ0) is 11.2. The summed E-state index contributed by atoms with van der Waals surface area (Å²) in [5.41, 5.74) is 0.558. The first-order chi connectivity index (χ1) is 6.93. The predicted octanol–water partition coefficient (Wildman–Crippen LogP) is 2.08. The van der Waals surface area contributed by atoms with Crippen LogP contribution in [-0.2, 0) is 0 Å². The Labute approximate surface area is 88.7 Å². The van der Waals surface area contributed by atoms with Gasteiger partial charge in [0, 0.05) is 5.54 Å². The zero-order valence-corrected chi connectivity index (χ0v) is 9.07. The van der Waals surface area contributed by atoms with Crippen molar-refractivity contribution >= 4 is 11.8 Å². The molecule has 78 valence electrons. The Hall–Kier alpha value is -1.64. The highest BCUT2D eigenvalue weighted by atomic mass is 16.2.